The predicted molar refractivity (Wildman–Crippen MR) is 135 cm³/mol. The molecule has 0 radical (unpaired) electrons. The summed E-state index contributed by atoms with van der Waals surface area (Å²) in [4.78, 5) is 25.6. The Labute approximate surface area is 202 Å². The Morgan fingerprint density at radius 3 is 2.55 bits per heavy atom. The molecular weight excluding hydrogens is 452 g/mol. The normalized spacial score (nSPS) is 14.6. The summed E-state index contributed by atoms with van der Waals surface area (Å²) in [6.45, 7) is 2.50. The molecule has 0 saturated carbocycles. The first-order valence-corrected chi connectivity index (χ1v) is 11.6. The highest BCUT2D eigenvalue weighted by Gasteiger charge is 2.33. The maximum absolute atomic E-state index is 12.8. The van der Waals surface area contributed by atoms with Gasteiger partial charge in [0.2, 0.25) is 5.91 Å². The van der Waals surface area contributed by atoms with E-state index in [1.54, 1.807) is 6.08 Å². The number of nitrogens with one attached hydrogen (secondary N) is 1. The van der Waals surface area contributed by atoms with E-state index in [0.717, 1.165) is 33.5 Å². The van der Waals surface area contributed by atoms with Crippen LogP contribution < -0.4 is 10.2 Å². The van der Waals surface area contributed by atoms with Crippen LogP contribution in [-0.2, 0) is 22.6 Å². The average molecular weight is 475 g/mol. The minimum Gasteiger partial charge on any atom is -0.489 e. The van der Waals surface area contributed by atoms with Crippen LogP contribution in [-0.4, -0.2) is 21.1 Å². The van der Waals surface area contributed by atoms with Crippen molar-refractivity contribution in [3.63, 3.8) is 0 Å². The minimum atomic E-state index is -0.350. The lowest BCUT2D eigenvalue weighted by Crippen LogP contribution is -2.45. The standard InChI is InChI=1S/C26H22N2O3S2/c1-18-10-12-20(13-11-18)17-31-22-9-5-8-21(14-22)15-23-25(30)28(26(32)33-23)27-24(29)16-19-6-3-2-4-7-19/h2-15H,16-17H2,1H3,(H,27,29)/b23-15-. The van der Waals surface area contributed by atoms with Crippen LogP contribution in [0.25, 0.3) is 6.08 Å². The first-order chi connectivity index (χ1) is 16.0. The second kappa shape index (κ2) is 10.5. The van der Waals surface area contributed by atoms with Crippen LogP contribution >= 0.6 is 24.0 Å². The fourth-order valence-electron chi connectivity index (χ4n) is 3.21. The number of aryl methyl sites for hydroxylation is 1. The molecule has 0 aliphatic carbocycles. The number of hydrogen-bond donors (Lipinski definition) is 1. The van der Waals surface area contributed by atoms with Crippen LogP contribution in [0.5, 0.6) is 5.75 Å². The first-order valence-electron chi connectivity index (χ1n) is 10.4. The van der Waals surface area contributed by atoms with Gasteiger partial charge in [-0.25, -0.2) is 0 Å². The molecule has 4 rings (SSSR count). The molecular formula is C26H22N2O3S2. The van der Waals surface area contributed by atoms with Crippen LogP contribution in [0.3, 0.4) is 0 Å². The summed E-state index contributed by atoms with van der Waals surface area (Å²) in [6, 6.07) is 25.0. The second-order valence-corrected chi connectivity index (χ2v) is 9.24. The average Bonchev–Trinajstić information content (AvgIpc) is 3.07. The minimum absolute atomic E-state index is 0.164. The lowest BCUT2D eigenvalue weighted by Gasteiger charge is -2.15. The van der Waals surface area contributed by atoms with Gasteiger partial charge in [0.15, 0.2) is 4.32 Å². The van der Waals surface area contributed by atoms with Crippen molar-refractivity contribution in [1.82, 2.24) is 10.4 Å². The van der Waals surface area contributed by atoms with Crippen molar-refractivity contribution >= 4 is 46.2 Å². The Kier molecular flexibility index (Phi) is 7.22. The molecule has 0 bridgehead atoms. The molecule has 7 heteroatoms. The number of amides is 2. The van der Waals surface area contributed by atoms with Gasteiger partial charge in [-0.1, -0.05) is 84.1 Å². The van der Waals surface area contributed by atoms with E-state index < -0.39 is 0 Å². The molecule has 33 heavy (non-hydrogen) atoms. The number of thiocarbonyl (C=S) groups is 1. The zero-order valence-corrected chi connectivity index (χ0v) is 19.6. The van der Waals surface area contributed by atoms with Gasteiger partial charge in [0.1, 0.15) is 12.4 Å². The highest BCUT2D eigenvalue weighted by molar-refractivity contribution is 8.26. The van der Waals surface area contributed by atoms with Gasteiger partial charge < -0.3 is 4.74 Å². The Hall–Kier alpha value is -3.42. The number of thioether (sulfide) groups is 1. The SMILES string of the molecule is Cc1ccc(COc2cccc(/C=C3\SC(=S)N(NC(=O)Cc4ccccc4)C3=O)c2)cc1. The van der Waals surface area contributed by atoms with E-state index in [4.69, 9.17) is 17.0 Å². The number of carbonyl (C=O) groups is 2. The molecule has 1 aliphatic rings. The largest absolute Gasteiger partial charge is 0.489 e. The Balaban J connectivity index is 1.40. The zero-order chi connectivity index (χ0) is 23.2. The van der Waals surface area contributed by atoms with Crippen LogP contribution in [0.15, 0.2) is 83.8 Å². The zero-order valence-electron chi connectivity index (χ0n) is 18.0. The van der Waals surface area contributed by atoms with Crippen LogP contribution in [0, 0.1) is 6.92 Å². The van der Waals surface area contributed by atoms with Gasteiger partial charge in [-0.15, -0.1) is 0 Å². The molecule has 1 N–H and O–H groups in total. The highest BCUT2D eigenvalue weighted by atomic mass is 32.2. The van der Waals surface area contributed by atoms with Crippen molar-refractivity contribution in [1.29, 1.82) is 0 Å². The topological polar surface area (TPSA) is 58.6 Å². The fraction of sp³-hybridized carbons (Fsp3) is 0.115. The summed E-state index contributed by atoms with van der Waals surface area (Å²) in [5.41, 5.74) is 6.57. The summed E-state index contributed by atoms with van der Waals surface area (Å²) in [5, 5.41) is 1.13. The smallest absolute Gasteiger partial charge is 0.285 e. The van der Waals surface area contributed by atoms with E-state index in [-0.39, 0.29) is 18.2 Å². The Morgan fingerprint density at radius 1 is 1.03 bits per heavy atom. The van der Waals surface area contributed by atoms with Gasteiger partial charge in [-0.2, -0.15) is 5.01 Å². The third-order valence-electron chi connectivity index (χ3n) is 4.92. The van der Waals surface area contributed by atoms with Crippen molar-refractivity contribution in [2.45, 2.75) is 20.0 Å². The molecule has 3 aromatic carbocycles. The lowest BCUT2D eigenvalue weighted by atomic mass is 10.1. The number of ether oxygens (including phenoxy) is 1. The third kappa shape index (κ3) is 6.09. The molecule has 1 saturated heterocycles. The van der Waals surface area contributed by atoms with Crippen molar-refractivity contribution in [2.24, 2.45) is 0 Å². The van der Waals surface area contributed by atoms with Crippen molar-refractivity contribution in [3.8, 4) is 5.75 Å². The van der Waals surface area contributed by atoms with E-state index in [9.17, 15) is 9.59 Å². The monoisotopic (exact) mass is 474 g/mol. The van der Waals surface area contributed by atoms with E-state index in [2.05, 4.69) is 17.6 Å². The van der Waals surface area contributed by atoms with Gasteiger partial charge >= 0.3 is 0 Å². The summed E-state index contributed by atoms with van der Waals surface area (Å²) >= 11 is 6.47. The molecule has 0 unspecified atom stereocenters. The summed E-state index contributed by atoms with van der Waals surface area (Å²) in [6.07, 6.45) is 1.92. The molecule has 166 valence electrons. The van der Waals surface area contributed by atoms with Crippen LogP contribution in [0.4, 0.5) is 0 Å². The lowest BCUT2D eigenvalue weighted by molar-refractivity contribution is -0.132. The number of nitrogens with zero attached hydrogens (tertiary/aromatic N) is 1. The first kappa shape index (κ1) is 22.8. The summed E-state index contributed by atoms with van der Waals surface area (Å²) in [7, 11) is 0. The van der Waals surface area contributed by atoms with E-state index in [1.807, 2.05) is 73.7 Å². The number of carbonyl (C=O) groups excluding carboxylic acids is 2. The maximum atomic E-state index is 12.8. The summed E-state index contributed by atoms with van der Waals surface area (Å²) < 4.78 is 6.19. The molecule has 2 amide bonds. The highest BCUT2D eigenvalue weighted by Crippen LogP contribution is 2.32. The van der Waals surface area contributed by atoms with Gasteiger partial charge in [0.05, 0.1) is 11.3 Å². The summed E-state index contributed by atoms with van der Waals surface area (Å²) in [5.74, 6) is 0.0543. The van der Waals surface area contributed by atoms with Crippen LogP contribution in [0.2, 0.25) is 0 Å². The molecule has 0 spiro atoms. The van der Waals surface area contributed by atoms with Gasteiger partial charge in [-0.05, 0) is 54.0 Å². The van der Waals surface area contributed by atoms with E-state index in [1.165, 1.54) is 5.56 Å². The number of hydrogen-bond acceptors (Lipinski definition) is 5. The predicted octanol–water partition coefficient (Wildman–Crippen LogP) is 5.05. The molecule has 1 heterocycles. The maximum Gasteiger partial charge on any atom is 0.285 e. The quantitative estimate of drug-likeness (QED) is 0.384. The van der Waals surface area contributed by atoms with Gasteiger partial charge in [-0.3, -0.25) is 15.0 Å². The van der Waals surface area contributed by atoms with Gasteiger partial charge in [0.25, 0.3) is 5.91 Å². The fourth-order valence-corrected chi connectivity index (χ4v) is 4.39. The van der Waals surface area contributed by atoms with Crippen molar-refractivity contribution in [3.05, 3.63) is 106 Å². The van der Waals surface area contributed by atoms with Crippen molar-refractivity contribution < 1.29 is 14.3 Å². The molecule has 0 atom stereocenters. The molecule has 3 aromatic rings. The van der Waals surface area contributed by atoms with E-state index in [0.29, 0.717) is 21.6 Å². The Morgan fingerprint density at radius 2 is 1.79 bits per heavy atom. The molecule has 5 nitrogen and oxygen atoms in total. The number of rotatable bonds is 7. The molecule has 1 fully saturated rings. The van der Waals surface area contributed by atoms with Gasteiger partial charge in [0, 0.05) is 0 Å². The molecule has 1 aliphatic heterocycles. The van der Waals surface area contributed by atoms with E-state index >= 15 is 0 Å². The Bertz CT molecular complexity index is 1210. The van der Waals surface area contributed by atoms with Crippen molar-refractivity contribution in [2.75, 3.05) is 0 Å². The third-order valence-corrected chi connectivity index (χ3v) is 6.22. The molecule has 0 aromatic heterocycles. The van der Waals surface area contributed by atoms with Crippen LogP contribution in [0.1, 0.15) is 22.3 Å². The second-order valence-electron chi connectivity index (χ2n) is 7.56. The number of benzene rings is 3. The number of hydrazine groups is 1.